The van der Waals surface area contributed by atoms with Crippen molar-refractivity contribution in [2.45, 2.75) is 12.3 Å². The Bertz CT molecular complexity index is 170. The molecular weight excluding hydrogens is 190 g/mol. The van der Waals surface area contributed by atoms with Crippen LogP contribution in [0.3, 0.4) is 0 Å². The highest BCUT2D eigenvalue weighted by Gasteiger charge is 2.27. The monoisotopic (exact) mass is 194 g/mol. The van der Waals surface area contributed by atoms with Crippen LogP contribution in [0.2, 0.25) is 0 Å². The van der Waals surface area contributed by atoms with Crippen molar-refractivity contribution in [3.8, 4) is 0 Å². The van der Waals surface area contributed by atoms with Gasteiger partial charge in [-0.1, -0.05) is 28.1 Å². The standard InChI is InChI=1S/C6H5BrF2/c7-5-2-1-3-6(8,9)4-5/h1-3H,4H2. The fourth-order valence-electron chi connectivity index (χ4n) is 0.636. The van der Waals surface area contributed by atoms with E-state index in [0.717, 1.165) is 6.08 Å². The highest BCUT2D eigenvalue weighted by Crippen LogP contribution is 2.30. The summed E-state index contributed by atoms with van der Waals surface area (Å²) in [6.07, 6.45) is 3.67. The van der Waals surface area contributed by atoms with E-state index in [1.165, 1.54) is 6.08 Å². The molecule has 50 valence electrons. The van der Waals surface area contributed by atoms with E-state index in [-0.39, 0.29) is 6.42 Å². The molecule has 0 atom stereocenters. The predicted molar refractivity (Wildman–Crippen MR) is 35.7 cm³/mol. The van der Waals surface area contributed by atoms with Gasteiger partial charge in [-0.25, -0.2) is 8.78 Å². The molecular formula is C6H5BrF2. The first-order valence-corrected chi connectivity index (χ1v) is 3.31. The summed E-state index contributed by atoms with van der Waals surface area (Å²) in [5, 5.41) is 0. The van der Waals surface area contributed by atoms with Crippen molar-refractivity contribution in [3.05, 3.63) is 22.7 Å². The largest absolute Gasteiger partial charge is 0.271 e. The summed E-state index contributed by atoms with van der Waals surface area (Å²) < 4.78 is 25.1. The molecule has 9 heavy (non-hydrogen) atoms. The lowest BCUT2D eigenvalue weighted by atomic mass is 10.1. The Morgan fingerprint density at radius 3 is 2.56 bits per heavy atom. The van der Waals surface area contributed by atoms with Crippen LogP contribution in [-0.4, -0.2) is 5.92 Å². The molecule has 1 rings (SSSR count). The summed E-state index contributed by atoms with van der Waals surface area (Å²) in [7, 11) is 0. The van der Waals surface area contributed by atoms with Crippen LogP contribution in [0.25, 0.3) is 0 Å². The van der Waals surface area contributed by atoms with Gasteiger partial charge in [0.25, 0.3) is 5.92 Å². The van der Waals surface area contributed by atoms with Crippen molar-refractivity contribution in [3.63, 3.8) is 0 Å². The first-order chi connectivity index (χ1) is 4.10. The molecule has 0 aromatic carbocycles. The van der Waals surface area contributed by atoms with Gasteiger partial charge in [0.2, 0.25) is 0 Å². The van der Waals surface area contributed by atoms with Gasteiger partial charge in [-0.2, -0.15) is 0 Å². The summed E-state index contributed by atoms with van der Waals surface area (Å²) in [4.78, 5) is 0. The summed E-state index contributed by atoms with van der Waals surface area (Å²) in [6, 6.07) is 0. The molecule has 0 amide bonds. The molecule has 0 spiro atoms. The lowest BCUT2D eigenvalue weighted by Gasteiger charge is -2.13. The minimum Gasteiger partial charge on any atom is -0.202 e. The van der Waals surface area contributed by atoms with E-state index in [2.05, 4.69) is 15.9 Å². The fraction of sp³-hybridized carbons (Fsp3) is 0.333. The Hall–Kier alpha value is -0.180. The predicted octanol–water partition coefficient (Wildman–Crippen LogP) is 2.86. The summed E-state index contributed by atoms with van der Waals surface area (Å²) >= 11 is 2.99. The maximum atomic E-state index is 12.3. The summed E-state index contributed by atoms with van der Waals surface area (Å²) in [6.45, 7) is 0. The van der Waals surface area contributed by atoms with E-state index >= 15 is 0 Å². The Balaban J connectivity index is 2.73. The van der Waals surface area contributed by atoms with Gasteiger partial charge in [0, 0.05) is 10.9 Å². The second-order valence-electron chi connectivity index (χ2n) is 1.91. The van der Waals surface area contributed by atoms with Gasteiger partial charge in [-0.3, -0.25) is 0 Å². The maximum absolute atomic E-state index is 12.3. The van der Waals surface area contributed by atoms with Gasteiger partial charge in [0.15, 0.2) is 0 Å². The molecule has 0 saturated heterocycles. The zero-order valence-corrected chi connectivity index (χ0v) is 6.16. The van der Waals surface area contributed by atoms with Gasteiger partial charge in [0.1, 0.15) is 0 Å². The number of hydrogen-bond acceptors (Lipinski definition) is 0. The van der Waals surface area contributed by atoms with Gasteiger partial charge < -0.3 is 0 Å². The zero-order valence-electron chi connectivity index (χ0n) is 4.57. The molecule has 0 unspecified atom stereocenters. The Kier molecular flexibility index (Phi) is 1.70. The molecule has 0 N–H and O–H groups in total. The summed E-state index contributed by atoms with van der Waals surface area (Å²) in [5.74, 6) is -2.65. The third-order valence-corrected chi connectivity index (χ3v) is 1.57. The average molecular weight is 195 g/mol. The van der Waals surface area contributed by atoms with Crippen LogP contribution in [0.1, 0.15) is 6.42 Å². The molecule has 1 aliphatic carbocycles. The van der Waals surface area contributed by atoms with Crippen molar-refractivity contribution >= 4 is 15.9 Å². The quantitative estimate of drug-likeness (QED) is 0.557. The third kappa shape index (κ3) is 1.90. The molecule has 3 heteroatoms. The van der Waals surface area contributed by atoms with Crippen molar-refractivity contribution in [1.29, 1.82) is 0 Å². The molecule has 0 fully saturated rings. The van der Waals surface area contributed by atoms with Gasteiger partial charge in [-0.05, 0) is 6.08 Å². The maximum Gasteiger partial charge on any atom is 0.271 e. The van der Waals surface area contributed by atoms with Crippen LogP contribution >= 0.6 is 15.9 Å². The number of alkyl halides is 2. The molecule has 0 aromatic heterocycles. The second kappa shape index (κ2) is 2.21. The molecule has 0 heterocycles. The number of halogens is 3. The van der Waals surface area contributed by atoms with E-state index < -0.39 is 5.92 Å². The first-order valence-electron chi connectivity index (χ1n) is 2.52. The number of hydrogen-bond donors (Lipinski definition) is 0. The van der Waals surface area contributed by atoms with Crippen LogP contribution < -0.4 is 0 Å². The van der Waals surface area contributed by atoms with Crippen LogP contribution in [-0.2, 0) is 0 Å². The van der Waals surface area contributed by atoms with Gasteiger partial charge >= 0.3 is 0 Å². The number of rotatable bonds is 0. The second-order valence-corrected chi connectivity index (χ2v) is 2.93. The van der Waals surface area contributed by atoms with Crippen molar-refractivity contribution in [1.82, 2.24) is 0 Å². The highest BCUT2D eigenvalue weighted by atomic mass is 79.9. The molecule has 0 nitrogen and oxygen atoms in total. The van der Waals surface area contributed by atoms with Crippen LogP contribution in [0.15, 0.2) is 22.7 Å². The van der Waals surface area contributed by atoms with E-state index in [1.807, 2.05) is 0 Å². The fourth-order valence-corrected chi connectivity index (χ4v) is 1.16. The first kappa shape index (κ1) is 6.93. The van der Waals surface area contributed by atoms with Crippen molar-refractivity contribution < 1.29 is 8.78 Å². The van der Waals surface area contributed by atoms with Crippen molar-refractivity contribution in [2.24, 2.45) is 0 Å². The molecule has 0 aliphatic heterocycles. The van der Waals surface area contributed by atoms with E-state index in [1.54, 1.807) is 6.08 Å². The SMILES string of the molecule is FC1(F)C=CC=C(Br)C1. The Labute approximate surface area is 60.4 Å². The molecule has 0 bridgehead atoms. The minimum atomic E-state index is -2.65. The molecule has 0 saturated carbocycles. The number of allylic oxidation sites excluding steroid dienone is 4. The van der Waals surface area contributed by atoms with Crippen LogP contribution in [0.5, 0.6) is 0 Å². The van der Waals surface area contributed by atoms with Crippen LogP contribution in [0, 0.1) is 0 Å². The minimum absolute atomic E-state index is 0.205. The lowest BCUT2D eigenvalue weighted by molar-refractivity contribution is 0.0568. The Morgan fingerprint density at radius 2 is 2.22 bits per heavy atom. The van der Waals surface area contributed by atoms with Crippen LogP contribution in [0.4, 0.5) is 8.78 Å². The molecule has 0 radical (unpaired) electrons. The smallest absolute Gasteiger partial charge is 0.202 e. The van der Waals surface area contributed by atoms with Gasteiger partial charge in [-0.15, -0.1) is 0 Å². The molecule has 0 aromatic rings. The topological polar surface area (TPSA) is 0 Å². The zero-order chi connectivity index (χ0) is 6.91. The van der Waals surface area contributed by atoms with E-state index in [0.29, 0.717) is 4.48 Å². The van der Waals surface area contributed by atoms with Gasteiger partial charge in [0.05, 0.1) is 0 Å². The molecule has 1 aliphatic rings. The van der Waals surface area contributed by atoms with Crippen molar-refractivity contribution in [2.75, 3.05) is 0 Å². The Morgan fingerprint density at radius 1 is 1.56 bits per heavy atom. The summed E-state index contributed by atoms with van der Waals surface area (Å²) in [5.41, 5.74) is 0. The normalized spacial score (nSPS) is 23.7. The van der Waals surface area contributed by atoms with E-state index in [4.69, 9.17) is 0 Å². The average Bonchev–Trinajstić information content (AvgIpc) is 1.60. The van der Waals surface area contributed by atoms with E-state index in [9.17, 15) is 8.78 Å². The third-order valence-electron chi connectivity index (χ3n) is 1.02. The highest BCUT2D eigenvalue weighted by molar-refractivity contribution is 9.11. The lowest BCUT2D eigenvalue weighted by Crippen LogP contribution is -2.13.